The van der Waals surface area contributed by atoms with Crippen molar-refractivity contribution in [1.29, 1.82) is 5.26 Å². The van der Waals surface area contributed by atoms with Crippen LogP contribution in [0.1, 0.15) is 35.1 Å². The van der Waals surface area contributed by atoms with Crippen LogP contribution in [0.4, 0.5) is 16.2 Å². The van der Waals surface area contributed by atoms with Crippen molar-refractivity contribution in [2.24, 2.45) is 0 Å². The molecule has 0 aromatic heterocycles. The predicted molar refractivity (Wildman–Crippen MR) is 138 cm³/mol. The molecule has 1 spiro atoms. The summed E-state index contributed by atoms with van der Waals surface area (Å²) in [6, 6.07) is 23.9. The molecule has 1 fully saturated rings. The van der Waals surface area contributed by atoms with E-state index in [1.54, 1.807) is 7.11 Å². The molecule has 2 amide bonds. The number of nitrogens with zero attached hydrogens (tertiary/aromatic N) is 3. The largest absolute Gasteiger partial charge is 0.497 e. The van der Waals surface area contributed by atoms with Gasteiger partial charge in [-0.25, -0.2) is 4.79 Å². The maximum absolute atomic E-state index is 13.4. The minimum atomic E-state index is -0.0982. The molecule has 0 atom stereocenters. The van der Waals surface area contributed by atoms with Gasteiger partial charge in [0.2, 0.25) is 0 Å². The van der Waals surface area contributed by atoms with Crippen molar-refractivity contribution in [2.75, 3.05) is 37.0 Å². The number of amides is 2. The van der Waals surface area contributed by atoms with E-state index in [1.165, 1.54) is 11.1 Å². The first-order chi connectivity index (χ1) is 17.0. The zero-order valence-electron chi connectivity index (χ0n) is 20.3. The number of methoxy groups -OCH3 is 1. The van der Waals surface area contributed by atoms with Gasteiger partial charge in [0.15, 0.2) is 0 Å². The Morgan fingerprint density at radius 3 is 2.54 bits per heavy atom. The molecule has 2 heterocycles. The van der Waals surface area contributed by atoms with Gasteiger partial charge < -0.3 is 10.1 Å². The molecule has 0 saturated carbocycles. The summed E-state index contributed by atoms with van der Waals surface area (Å²) in [4.78, 5) is 17.7. The van der Waals surface area contributed by atoms with Crippen LogP contribution in [0.2, 0.25) is 0 Å². The topological polar surface area (TPSA) is 68.6 Å². The van der Waals surface area contributed by atoms with Crippen molar-refractivity contribution < 1.29 is 9.53 Å². The monoisotopic (exact) mass is 466 g/mol. The lowest BCUT2D eigenvalue weighted by Crippen LogP contribution is -2.46. The van der Waals surface area contributed by atoms with E-state index in [0.717, 1.165) is 55.2 Å². The fraction of sp³-hybridized carbons (Fsp3) is 0.310. The third-order valence-electron chi connectivity index (χ3n) is 7.34. The summed E-state index contributed by atoms with van der Waals surface area (Å²) in [5.41, 5.74) is 5.91. The lowest BCUT2D eigenvalue weighted by molar-refractivity contribution is 0.160. The summed E-state index contributed by atoms with van der Waals surface area (Å²) in [6.45, 7) is 5.45. The molecule has 3 aromatic rings. The highest BCUT2D eigenvalue weighted by atomic mass is 16.5. The van der Waals surface area contributed by atoms with E-state index in [-0.39, 0.29) is 11.4 Å². The number of fused-ring (bicyclic) bond motifs is 2. The molecule has 35 heavy (non-hydrogen) atoms. The Balaban J connectivity index is 1.34. The van der Waals surface area contributed by atoms with E-state index in [9.17, 15) is 4.79 Å². The number of nitrogens with one attached hydrogen (secondary N) is 1. The fourth-order valence-corrected chi connectivity index (χ4v) is 5.38. The van der Waals surface area contributed by atoms with Gasteiger partial charge in [0, 0.05) is 29.9 Å². The summed E-state index contributed by atoms with van der Waals surface area (Å²) >= 11 is 0. The molecule has 0 bridgehead atoms. The van der Waals surface area contributed by atoms with Gasteiger partial charge in [-0.1, -0.05) is 24.3 Å². The first kappa shape index (κ1) is 22.9. The predicted octanol–water partition coefficient (Wildman–Crippen LogP) is 5.46. The number of benzene rings is 3. The van der Waals surface area contributed by atoms with Crippen LogP contribution in [0.25, 0.3) is 0 Å². The van der Waals surface area contributed by atoms with Crippen molar-refractivity contribution >= 4 is 17.4 Å². The molecule has 0 unspecified atom stereocenters. The molecule has 1 N–H and O–H groups in total. The highest BCUT2D eigenvalue weighted by Crippen LogP contribution is 2.48. The molecule has 178 valence electrons. The quantitative estimate of drug-likeness (QED) is 0.554. The van der Waals surface area contributed by atoms with Gasteiger partial charge in [-0.05, 0) is 92.0 Å². The van der Waals surface area contributed by atoms with Crippen LogP contribution < -0.4 is 15.0 Å². The molecule has 0 radical (unpaired) electrons. The minimum absolute atomic E-state index is 0.0883. The van der Waals surface area contributed by atoms with Crippen LogP contribution >= 0.6 is 0 Å². The number of carbonyl (C=O) groups excluding carboxylic acids is 1. The van der Waals surface area contributed by atoms with Gasteiger partial charge in [-0.2, -0.15) is 5.26 Å². The molecule has 6 nitrogen and oxygen atoms in total. The summed E-state index contributed by atoms with van der Waals surface area (Å²) in [7, 11) is 1.69. The zero-order valence-corrected chi connectivity index (χ0v) is 20.3. The van der Waals surface area contributed by atoms with Crippen LogP contribution in [-0.2, 0) is 12.0 Å². The van der Waals surface area contributed by atoms with Crippen molar-refractivity contribution in [3.63, 3.8) is 0 Å². The van der Waals surface area contributed by atoms with Crippen LogP contribution in [0.3, 0.4) is 0 Å². The Labute approximate surface area is 206 Å². The molecule has 6 heteroatoms. The molecular weight excluding hydrogens is 436 g/mol. The number of hydrogen-bond donors (Lipinski definition) is 1. The number of rotatable bonds is 4. The van der Waals surface area contributed by atoms with Gasteiger partial charge in [0.05, 0.1) is 18.7 Å². The normalized spacial score (nSPS) is 16.5. The lowest BCUT2D eigenvalue weighted by atomic mass is 9.74. The van der Waals surface area contributed by atoms with Crippen molar-refractivity contribution in [3.8, 4) is 11.8 Å². The molecule has 5 rings (SSSR count). The number of likely N-dealkylation sites (tertiary alicyclic amines) is 1. The highest BCUT2D eigenvalue weighted by Gasteiger charge is 2.46. The number of carbonyl (C=O) groups is 1. The van der Waals surface area contributed by atoms with Crippen molar-refractivity contribution in [2.45, 2.75) is 31.7 Å². The maximum Gasteiger partial charge on any atom is 0.326 e. The number of hydrogen-bond acceptors (Lipinski definition) is 4. The first-order valence-electron chi connectivity index (χ1n) is 12.0. The second-order valence-corrected chi connectivity index (χ2v) is 9.63. The number of piperidine rings is 1. The van der Waals surface area contributed by atoms with Crippen LogP contribution in [0.15, 0.2) is 66.7 Å². The summed E-state index contributed by atoms with van der Waals surface area (Å²) in [5, 5.41) is 12.1. The fourth-order valence-electron chi connectivity index (χ4n) is 5.38. The SMILES string of the molecule is COc1ccc2c(c1)C1(CCN(Cc3ccc(C#N)cc3)CC1)CN2C(=O)Nc1cccc(C)c1. The summed E-state index contributed by atoms with van der Waals surface area (Å²) in [5.74, 6) is 0.823. The van der Waals surface area contributed by atoms with Gasteiger partial charge in [-0.3, -0.25) is 9.80 Å². The van der Waals surface area contributed by atoms with E-state index >= 15 is 0 Å². The minimum Gasteiger partial charge on any atom is -0.497 e. The second kappa shape index (κ2) is 9.44. The molecule has 1 saturated heterocycles. The molecule has 2 aliphatic heterocycles. The van der Waals surface area contributed by atoms with Crippen LogP contribution in [0, 0.1) is 18.3 Å². The van der Waals surface area contributed by atoms with Crippen LogP contribution in [0.5, 0.6) is 5.75 Å². The Morgan fingerprint density at radius 1 is 1.09 bits per heavy atom. The van der Waals surface area contributed by atoms with E-state index in [1.807, 2.05) is 72.5 Å². The summed E-state index contributed by atoms with van der Waals surface area (Å²) < 4.78 is 5.54. The molecular formula is C29H30N4O2. The smallest absolute Gasteiger partial charge is 0.326 e. The van der Waals surface area contributed by atoms with E-state index in [2.05, 4.69) is 22.4 Å². The average molecular weight is 467 g/mol. The molecule has 0 aliphatic carbocycles. The van der Waals surface area contributed by atoms with E-state index < -0.39 is 0 Å². The second-order valence-electron chi connectivity index (χ2n) is 9.63. The van der Waals surface area contributed by atoms with Gasteiger partial charge in [0.25, 0.3) is 0 Å². The Kier molecular flexibility index (Phi) is 6.19. The number of aryl methyl sites for hydroxylation is 1. The Morgan fingerprint density at radius 2 is 1.86 bits per heavy atom. The molecule has 2 aliphatic rings. The highest BCUT2D eigenvalue weighted by molar-refractivity contribution is 6.03. The van der Waals surface area contributed by atoms with E-state index in [0.29, 0.717) is 12.1 Å². The number of anilines is 2. The third-order valence-corrected chi connectivity index (χ3v) is 7.34. The zero-order chi connectivity index (χ0) is 24.4. The number of urea groups is 1. The van der Waals surface area contributed by atoms with Crippen LogP contribution in [-0.4, -0.2) is 37.7 Å². The van der Waals surface area contributed by atoms with Gasteiger partial charge >= 0.3 is 6.03 Å². The lowest BCUT2D eigenvalue weighted by Gasteiger charge is -2.40. The summed E-state index contributed by atoms with van der Waals surface area (Å²) in [6.07, 6.45) is 1.94. The maximum atomic E-state index is 13.4. The number of ether oxygens (including phenoxy) is 1. The Bertz CT molecular complexity index is 1270. The number of nitriles is 1. The Hall–Kier alpha value is -3.82. The van der Waals surface area contributed by atoms with Crippen molar-refractivity contribution in [1.82, 2.24) is 4.90 Å². The van der Waals surface area contributed by atoms with Crippen molar-refractivity contribution in [3.05, 3.63) is 89.0 Å². The van der Waals surface area contributed by atoms with E-state index in [4.69, 9.17) is 10.00 Å². The standard InChI is InChI=1S/C29H30N4O2/c1-21-4-3-5-24(16-21)31-28(34)33-20-29(26-17-25(35-2)10-11-27(26)33)12-14-32(15-13-29)19-23-8-6-22(18-30)7-9-23/h3-11,16-17H,12-15,19-20H2,1-2H3,(H,31,34). The van der Waals surface area contributed by atoms with Gasteiger partial charge in [-0.15, -0.1) is 0 Å². The average Bonchev–Trinajstić information content (AvgIpc) is 3.19. The third kappa shape index (κ3) is 4.60. The van der Waals surface area contributed by atoms with Gasteiger partial charge in [0.1, 0.15) is 5.75 Å². The molecule has 3 aromatic carbocycles. The first-order valence-corrected chi connectivity index (χ1v) is 12.0.